The minimum atomic E-state index is -2.74. The first-order valence-electron chi connectivity index (χ1n) is 3.65. The van der Waals surface area contributed by atoms with Crippen LogP contribution in [0.2, 0.25) is 0 Å². The van der Waals surface area contributed by atoms with Crippen molar-refractivity contribution in [1.29, 1.82) is 0 Å². The number of hydrogen-bond donors (Lipinski definition) is 1. The lowest BCUT2D eigenvalue weighted by Crippen LogP contribution is -2.38. The molecule has 11 heavy (non-hydrogen) atoms. The fourth-order valence-corrected chi connectivity index (χ4v) is 1.21. The average molecular weight is 165 g/mol. The van der Waals surface area contributed by atoms with Gasteiger partial charge in [-0.05, 0) is 13.8 Å². The monoisotopic (exact) mass is 165 g/mol. The molecule has 1 rings (SSSR count). The summed E-state index contributed by atoms with van der Waals surface area (Å²) in [6, 6.07) is 0. The summed E-state index contributed by atoms with van der Waals surface area (Å²) in [5.74, 6) is -2.74. The Kier molecular flexibility index (Phi) is 1.92. The zero-order chi connectivity index (χ0) is 8.70. The van der Waals surface area contributed by atoms with Gasteiger partial charge in [0.15, 0.2) is 0 Å². The number of nitrogens with two attached hydrogens (primary N) is 1. The molecule has 0 amide bonds. The molecule has 1 fully saturated rings. The summed E-state index contributed by atoms with van der Waals surface area (Å²) < 4.78 is 31.0. The Hall–Kier alpha value is -0.220. The molecule has 1 saturated heterocycles. The highest BCUT2D eigenvalue weighted by Gasteiger charge is 2.55. The van der Waals surface area contributed by atoms with Crippen molar-refractivity contribution in [2.75, 3.05) is 6.54 Å². The lowest BCUT2D eigenvalue weighted by Gasteiger charge is -2.24. The van der Waals surface area contributed by atoms with Gasteiger partial charge in [0.2, 0.25) is 0 Å². The molecular formula is C7H13F2NO. The van der Waals surface area contributed by atoms with Gasteiger partial charge in [0.05, 0.1) is 6.10 Å². The van der Waals surface area contributed by atoms with Crippen LogP contribution in [0.1, 0.15) is 20.3 Å². The maximum Gasteiger partial charge on any atom is 0.278 e. The number of rotatable bonds is 1. The molecule has 1 aliphatic rings. The predicted molar refractivity (Wildman–Crippen MR) is 37.6 cm³/mol. The summed E-state index contributed by atoms with van der Waals surface area (Å²) in [6.07, 6.45) is -0.740. The molecule has 0 spiro atoms. The van der Waals surface area contributed by atoms with Gasteiger partial charge in [-0.1, -0.05) is 0 Å². The average Bonchev–Trinajstić information content (AvgIpc) is 2.03. The highest BCUT2D eigenvalue weighted by atomic mass is 19.3. The Morgan fingerprint density at radius 2 is 2.09 bits per heavy atom. The van der Waals surface area contributed by atoms with Gasteiger partial charge in [0.1, 0.15) is 5.60 Å². The van der Waals surface area contributed by atoms with Crippen LogP contribution in [0.25, 0.3) is 0 Å². The number of halogens is 2. The normalized spacial score (nSPS) is 34.1. The molecule has 66 valence electrons. The first kappa shape index (κ1) is 8.87. The van der Waals surface area contributed by atoms with Gasteiger partial charge in [-0.15, -0.1) is 0 Å². The van der Waals surface area contributed by atoms with Crippen LogP contribution in [-0.4, -0.2) is 24.2 Å². The predicted octanol–water partition coefficient (Wildman–Crippen LogP) is 1.15. The Morgan fingerprint density at radius 1 is 1.55 bits per heavy atom. The SMILES string of the molecule is CC1(C)OC(CN)CC1(F)F. The Bertz CT molecular complexity index is 143. The van der Waals surface area contributed by atoms with Gasteiger partial charge >= 0.3 is 0 Å². The van der Waals surface area contributed by atoms with E-state index in [0.717, 1.165) is 0 Å². The van der Waals surface area contributed by atoms with E-state index in [1.54, 1.807) is 0 Å². The second-order valence-corrected chi connectivity index (χ2v) is 3.39. The molecule has 2 N–H and O–H groups in total. The van der Waals surface area contributed by atoms with Crippen molar-refractivity contribution < 1.29 is 13.5 Å². The summed E-state index contributed by atoms with van der Waals surface area (Å²) in [4.78, 5) is 0. The van der Waals surface area contributed by atoms with E-state index in [2.05, 4.69) is 0 Å². The minimum Gasteiger partial charge on any atom is -0.365 e. The van der Waals surface area contributed by atoms with Crippen LogP contribution < -0.4 is 5.73 Å². The highest BCUT2D eigenvalue weighted by molar-refractivity contribution is 4.96. The maximum absolute atomic E-state index is 13.0. The van der Waals surface area contributed by atoms with E-state index in [9.17, 15) is 8.78 Å². The summed E-state index contributed by atoms with van der Waals surface area (Å²) in [5, 5.41) is 0. The Morgan fingerprint density at radius 3 is 2.27 bits per heavy atom. The quantitative estimate of drug-likeness (QED) is 0.632. The topological polar surface area (TPSA) is 35.2 Å². The summed E-state index contributed by atoms with van der Waals surface area (Å²) in [5.41, 5.74) is 3.87. The largest absolute Gasteiger partial charge is 0.365 e. The number of hydrogen-bond acceptors (Lipinski definition) is 2. The minimum absolute atomic E-state index is 0.166. The fraction of sp³-hybridized carbons (Fsp3) is 1.00. The molecule has 1 atom stereocenters. The van der Waals surface area contributed by atoms with Crippen LogP contribution in [0, 0.1) is 0 Å². The third-order valence-electron chi connectivity index (χ3n) is 2.09. The molecule has 0 radical (unpaired) electrons. The summed E-state index contributed by atoms with van der Waals surface area (Å²) >= 11 is 0. The third-order valence-corrected chi connectivity index (χ3v) is 2.09. The molecule has 0 aromatic carbocycles. The molecule has 4 heteroatoms. The fourth-order valence-electron chi connectivity index (χ4n) is 1.21. The third kappa shape index (κ3) is 1.37. The zero-order valence-electron chi connectivity index (χ0n) is 6.73. The maximum atomic E-state index is 13.0. The number of alkyl halides is 2. The summed E-state index contributed by atoms with van der Waals surface area (Å²) in [6.45, 7) is 2.95. The van der Waals surface area contributed by atoms with Crippen molar-refractivity contribution in [3.05, 3.63) is 0 Å². The van der Waals surface area contributed by atoms with E-state index in [0.29, 0.717) is 0 Å². The Labute approximate surface area is 64.7 Å². The first-order chi connectivity index (χ1) is 4.89. The van der Waals surface area contributed by atoms with Gasteiger partial charge in [-0.25, -0.2) is 8.78 Å². The smallest absolute Gasteiger partial charge is 0.278 e. The molecule has 0 saturated carbocycles. The molecule has 2 nitrogen and oxygen atoms in total. The van der Waals surface area contributed by atoms with Crippen molar-refractivity contribution in [2.45, 2.75) is 37.9 Å². The molecule has 1 aliphatic heterocycles. The van der Waals surface area contributed by atoms with E-state index < -0.39 is 17.6 Å². The van der Waals surface area contributed by atoms with Crippen molar-refractivity contribution in [3.63, 3.8) is 0 Å². The van der Waals surface area contributed by atoms with Crippen LogP contribution in [0.4, 0.5) is 8.78 Å². The van der Waals surface area contributed by atoms with Gasteiger partial charge < -0.3 is 10.5 Å². The van der Waals surface area contributed by atoms with Crippen LogP contribution >= 0.6 is 0 Å². The summed E-state index contributed by atoms with van der Waals surface area (Å²) in [7, 11) is 0. The molecule has 1 heterocycles. The molecule has 0 aromatic rings. The van der Waals surface area contributed by atoms with Crippen LogP contribution in [0.3, 0.4) is 0 Å². The van der Waals surface area contributed by atoms with Crippen molar-refractivity contribution in [3.8, 4) is 0 Å². The van der Waals surface area contributed by atoms with Crippen LogP contribution in [0.15, 0.2) is 0 Å². The second-order valence-electron chi connectivity index (χ2n) is 3.39. The van der Waals surface area contributed by atoms with E-state index in [1.807, 2.05) is 0 Å². The van der Waals surface area contributed by atoms with E-state index in [4.69, 9.17) is 10.5 Å². The van der Waals surface area contributed by atoms with Gasteiger partial charge in [-0.3, -0.25) is 0 Å². The zero-order valence-corrected chi connectivity index (χ0v) is 6.73. The van der Waals surface area contributed by atoms with Gasteiger partial charge in [0, 0.05) is 13.0 Å². The number of ether oxygens (including phenoxy) is 1. The lowest BCUT2D eigenvalue weighted by atomic mass is 10.00. The first-order valence-corrected chi connectivity index (χ1v) is 3.65. The van der Waals surface area contributed by atoms with E-state index in [1.165, 1.54) is 13.8 Å². The Balaban J connectivity index is 2.72. The van der Waals surface area contributed by atoms with Gasteiger partial charge in [0.25, 0.3) is 5.92 Å². The van der Waals surface area contributed by atoms with Crippen LogP contribution in [-0.2, 0) is 4.74 Å². The lowest BCUT2D eigenvalue weighted by molar-refractivity contribution is -0.132. The highest BCUT2D eigenvalue weighted by Crippen LogP contribution is 2.43. The molecular weight excluding hydrogens is 152 g/mol. The van der Waals surface area contributed by atoms with Crippen molar-refractivity contribution >= 4 is 0 Å². The molecule has 1 unspecified atom stereocenters. The van der Waals surface area contributed by atoms with E-state index >= 15 is 0 Å². The van der Waals surface area contributed by atoms with Gasteiger partial charge in [-0.2, -0.15) is 0 Å². The van der Waals surface area contributed by atoms with Crippen molar-refractivity contribution in [2.24, 2.45) is 5.73 Å². The second kappa shape index (κ2) is 2.38. The van der Waals surface area contributed by atoms with E-state index in [-0.39, 0.29) is 13.0 Å². The standard InChI is InChI=1S/C7H13F2NO/c1-6(2)7(8,9)3-5(4-10)11-6/h5H,3-4,10H2,1-2H3. The van der Waals surface area contributed by atoms with Crippen LogP contribution in [0.5, 0.6) is 0 Å². The molecule has 0 aromatic heterocycles. The van der Waals surface area contributed by atoms with Crippen molar-refractivity contribution in [1.82, 2.24) is 0 Å². The molecule has 0 aliphatic carbocycles. The molecule has 0 bridgehead atoms.